The molecule has 104 valence electrons. The van der Waals surface area contributed by atoms with Crippen LogP contribution < -0.4 is 19.9 Å². The van der Waals surface area contributed by atoms with Crippen LogP contribution in [0.15, 0.2) is 36.0 Å². The van der Waals surface area contributed by atoms with Crippen LogP contribution in [-0.4, -0.2) is 41.1 Å². The van der Waals surface area contributed by atoms with E-state index in [1.165, 1.54) is 11.1 Å². The lowest BCUT2D eigenvalue weighted by atomic mass is 10.2. The number of nitrogens with two attached hydrogens (primary N) is 1. The van der Waals surface area contributed by atoms with Crippen LogP contribution in [0.1, 0.15) is 0 Å². The van der Waals surface area contributed by atoms with Crippen LogP contribution in [0, 0.1) is 0 Å². The van der Waals surface area contributed by atoms with Gasteiger partial charge in [0.15, 0.2) is 17.3 Å². The maximum atomic E-state index is 11.6. The van der Waals surface area contributed by atoms with Crippen molar-refractivity contribution in [2.24, 2.45) is 5.14 Å². The van der Waals surface area contributed by atoms with Crippen molar-refractivity contribution in [3.8, 4) is 0 Å². The number of nitrogens with zero attached hydrogens (tertiary/aromatic N) is 1. The summed E-state index contributed by atoms with van der Waals surface area (Å²) in [6, 6.07) is 1.76. The zero-order valence-electron chi connectivity index (χ0n) is 10.8. The predicted octanol–water partition coefficient (Wildman–Crippen LogP) is -1.96. The van der Waals surface area contributed by atoms with Crippen LogP contribution in [0.3, 0.4) is 0 Å². The van der Waals surface area contributed by atoms with Crippen molar-refractivity contribution in [3.63, 3.8) is 0 Å². The quantitative estimate of drug-likeness (QED) is 0.630. The number of aromatic nitrogens is 1. The Balaban J connectivity index is 2.18. The first kappa shape index (κ1) is 14.0. The third-order valence-corrected chi connectivity index (χ3v) is 4.30. The van der Waals surface area contributed by atoms with E-state index < -0.39 is 10.0 Å². The van der Waals surface area contributed by atoms with Gasteiger partial charge in [-0.1, -0.05) is 6.58 Å². The number of pyridine rings is 1. The highest BCUT2D eigenvalue weighted by Gasteiger charge is 2.25. The Hall–Kier alpha value is -1.44. The van der Waals surface area contributed by atoms with Crippen molar-refractivity contribution in [3.05, 3.63) is 31.1 Å². The first-order chi connectivity index (χ1) is 9.02. The van der Waals surface area contributed by atoms with E-state index in [0.29, 0.717) is 5.69 Å². The predicted molar refractivity (Wildman–Crippen MR) is 72.3 cm³/mol. The number of primary sulfonamides is 1. The molecule has 0 aliphatic carbocycles. The van der Waals surface area contributed by atoms with Crippen molar-refractivity contribution in [1.29, 1.82) is 0 Å². The Labute approximate surface area is 113 Å². The zero-order chi connectivity index (χ0) is 13.9. The first-order valence-electron chi connectivity index (χ1n) is 6.24. The summed E-state index contributed by atoms with van der Waals surface area (Å²) in [7, 11) is -3.70. The molecule has 4 N–H and O–H groups in total. The second-order valence-electron chi connectivity index (χ2n) is 4.67. The van der Waals surface area contributed by atoms with Gasteiger partial charge in [0.1, 0.15) is 0 Å². The van der Waals surface area contributed by atoms with E-state index in [4.69, 9.17) is 5.14 Å². The SMILES string of the molecule is C=CC[NH+]1CCN(c2cc[nH+]cc2S(N)(=O)=O)CC1. The number of hydrogen-bond donors (Lipinski definition) is 2. The number of quaternary nitrogens is 1. The minimum atomic E-state index is -3.70. The second-order valence-corrected chi connectivity index (χ2v) is 6.20. The Morgan fingerprint density at radius 1 is 1.47 bits per heavy atom. The largest absolute Gasteiger partial charge is 0.359 e. The number of hydrogen-bond acceptors (Lipinski definition) is 3. The van der Waals surface area contributed by atoms with Gasteiger partial charge < -0.3 is 9.80 Å². The summed E-state index contributed by atoms with van der Waals surface area (Å²) in [6.07, 6.45) is 5.07. The highest BCUT2D eigenvalue weighted by molar-refractivity contribution is 7.89. The number of rotatable bonds is 4. The molecule has 1 aromatic rings. The molecule has 1 saturated heterocycles. The molecule has 0 aromatic carbocycles. The molecule has 6 nitrogen and oxygen atoms in total. The van der Waals surface area contributed by atoms with Gasteiger partial charge >= 0.3 is 0 Å². The van der Waals surface area contributed by atoms with E-state index in [-0.39, 0.29) is 4.90 Å². The van der Waals surface area contributed by atoms with Crippen molar-refractivity contribution < 1.29 is 18.3 Å². The Kier molecular flexibility index (Phi) is 4.18. The molecule has 2 rings (SSSR count). The van der Waals surface area contributed by atoms with Crippen LogP contribution >= 0.6 is 0 Å². The number of H-pyrrole nitrogens is 1. The highest BCUT2D eigenvalue weighted by Crippen LogP contribution is 2.21. The van der Waals surface area contributed by atoms with Gasteiger partial charge in [-0.15, -0.1) is 0 Å². The van der Waals surface area contributed by atoms with Crippen molar-refractivity contribution >= 4 is 15.7 Å². The summed E-state index contributed by atoms with van der Waals surface area (Å²) in [5, 5.41) is 5.25. The fourth-order valence-electron chi connectivity index (χ4n) is 2.37. The fraction of sp³-hybridized carbons (Fsp3) is 0.417. The minimum absolute atomic E-state index is 0.155. The molecule has 0 radical (unpaired) electrons. The van der Waals surface area contributed by atoms with E-state index in [9.17, 15) is 8.42 Å². The lowest BCUT2D eigenvalue weighted by Crippen LogP contribution is -3.14. The number of anilines is 1. The molecule has 19 heavy (non-hydrogen) atoms. The molecule has 0 unspecified atom stereocenters. The standard InChI is InChI=1S/C12H18N4O2S/c1-2-5-15-6-8-16(9-7-15)11-3-4-14-10-12(11)19(13,17)18/h2-4,10H,1,5-9H2,(H2,13,17,18)/p+2. The van der Waals surface area contributed by atoms with E-state index in [1.54, 1.807) is 12.3 Å². The molecule has 1 aliphatic rings. The monoisotopic (exact) mass is 284 g/mol. The summed E-state index contributed by atoms with van der Waals surface area (Å²) in [5.41, 5.74) is 0.680. The topological polar surface area (TPSA) is 82.0 Å². The van der Waals surface area contributed by atoms with Gasteiger partial charge in [0.2, 0.25) is 10.0 Å². The third-order valence-electron chi connectivity index (χ3n) is 3.36. The Morgan fingerprint density at radius 3 is 2.74 bits per heavy atom. The van der Waals surface area contributed by atoms with Gasteiger partial charge in [-0.25, -0.2) is 18.5 Å². The normalized spacial score (nSPS) is 17.4. The van der Waals surface area contributed by atoms with Crippen LogP contribution in [-0.2, 0) is 10.0 Å². The van der Waals surface area contributed by atoms with Crippen molar-refractivity contribution in [2.75, 3.05) is 37.6 Å². The lowest BCUT2D eigenvalue weighted by Gasteiger charge is -2.33. The molecule has 0 spiro atoms. The molecule has 7 heteroatoms. The summed E-state index contributed by atoms with van der Waals surface area (Å²) in [6.45, 7) is 8.25. The number of piperazine rings is 1. The average Bonchev–Trinajstić information content (AvgIpc) is 2.39. The van der Waals surface area contributed by atoms with Crippen LogP contribution in [0.5, 0.6) is 0 Å². The van der Waals surface area contributed by atoms with Crippen molar-refractivity contribution in [1.82, 2.24) is 0 Å². The lowest BCUT2D eigenvalue weighted by molar-refractivity contribution is -0.894. The summed E-state index contributed by atoms with van der Waals surface area (Å²) < 4.78 is 23.2. The maximum absolute atomic E-state index is 11.6. The van der Waals surface area contributed by atoms with E-state index in [2.05, 4.69) is 16.5 Å². The number of nitrogens with one attached hydrogen (secondary N) is 2. The van der Waals surface area contributed by atoms with Crippen LogP contribution in [0.25, 0.3) is 0 Å². The molecule has 1 fully saturated rings. The number of aromatic amines is 1. The van der Waals surface area contributed by atoms with Gasteiger partial charge in [0.05, 0.1) is 38.4 Å². The van der Waals surface area contributed by atoms with Crippen molar-refractivity contribution in [2.45, 2.75) is 4.90 Å². The minimum Gasteiger partial charge on any atom is -0.359 e. The van der Waals surface area contributed by atoms with Gasteiger partial charge in [0.25, 0.3) is 0 Å². The van der Waals surface area contributed by atoms with Gasteiger partial charge in [-0.3, -0.25) is 0 Å². The molecule has 0 bridgehead atoms. The van der Waals surface area contributed by atoms with Crippen LogP contribution in [0.2, 0.25) is 0 Å². The smallest absolute Gasteiger partial charge is 0.246 e. The molecule has 2 heterocycles. The summed E-state index contributed by atoms with van der Waals surface area (Å²) in [4.78, 5) is 6.46. The van der Waals surface area contributed by atoms with Gasteiger partial charge in [0, 0.05) is 6.07 Å². The van der Waals surface area contributed by atoms with Gasteiger partial charge in [-0.2, -0.15) is 0 Å². The van der Waals surface area contributed by atoms with E-state index >= 15 is 0 Å². The second kappa shape index (κ2) is 5.68. The fourth-order valence-corrected chi connectivity index (χ4v) is 3.09. The Bertz CT molecular complexity index is 551. The zero-order valence-corrected chi connectivity index (χ0v) is 11.6. The molecular weight excluding hydrogens is 264 g/mol. The molecular formula is C12H20N4O2S+2. The van der Waals surface area contributed by atoms with Gasteiger partial charge in [-0.05, 0) is 6.08 Å². The average molecular weight is 284 g/mol. The summed E-state index contributed by atoms with van der Waals surface area (Å²) >= 11 is 0. The molecule has 1 aromatic heterocycles. The third kappa shape index (κ3) is 3.31. The molecule has 0 amide bonds. The highest BCUT2D eigenvalue weighted by atomic mass is 32.2. The first-order valence-corrected chi connectivity index (χ1v) is 7.79. The van der Waals surface area contributed by atoms with E-state index in [1.807, 2.05) is 6.08 Å². The maximum Gasteiger partial charge on any atom is 0.246 e. The Morgan fingerprint density at radius 2 is 2.16 bits per heavy atom. The summed E-state index contributed by atoms with van der Waals surface area (Å²) in [5.74, 6) is 0. The van der Waals surface area contributed by atoms with Crippen LogP contribution in [0.4, 0.5) is 5.69 Å². The number of sulfonamides is 1. The molecule has 0 saturated carbocycles. The molecule has 1 aliphatic heterocycles. The van der Waals surface area contributed by atoms with E-state index in [0.717, 1.165) is 32.7 Å². The molecule has 0 atom stereocenters.